The Balaban J connectivity index is 1.41. The first-order valence-electron chi connectivity index (χ1n) is 8.41. The van der Waals surface area contributed by atoms with Gasteiger partial charge in [0.2, 0.25) is 0 Å². The average molecular weight is 345 g/mol. The molecule has 7 heteroatoms. The van der Waals surface area contributed by atoms with E-state index >= 15 is 0 Å². The van der Waals surface area contributed by atoms with Crippen molar-refractivity contribution in [3.63, 3.8) is 0 Å². The summed E-state index contributed by atoms with van der Waals surface area (Å²) in [6, 6.07) is 4.62. The second-order valence-corrected chi connectivity index (χ2v) is 6.74. The second-order valence-electron chi connectivity index (χ2n) is 6.74. The maximum atomic E-state index is 13.7. The number of amides is 1. The molecule has 132 valence electrons. The number of nitrogens with zero attached hydrogens (tertiary/aromatic N) is 2. The van der Waals surface area contributed by atoms with Crippen LogP contribution >= 0.6 is 0 Å². The molecule has 4 rings (SSSR count). The van der Waals surface area contributed by atoms with E-state index in [1.165, 1.54) is 12.3 Å². The third kappa shape index (κ3) is 3.00. The van der Waals surface area contributed by atoms with E-state index in [4.69, 9.17) is 9.15 Å². The third-order valence-electron chi connectivity index (χ3n) is 5.00. The van der Waals surface area contributed by atoms with Crippen LogP contribution in [0.25, 0.3) is 0 Å². The summed E-state index contributed by atoms with van der Waals surface area (Å²) in [5.41, 5.74) is 0.233. The second kappa shape index (κ2) is 6.15. The molecule has 1 spiro atoms. The van der Waals surface area contributed by atoms with Gasteiger partial charge in [0.25, 0.3) is 5.91 Å². The van der Waals surface area contributed by atoms with Gasteiger partial charge >= 0.3 is 0 Å². The number of nitrogens with one attached hydrogen (secondary N) is 1. The van der Waals surface area contributed by atoms with Crippen LogP contribution < -0.4 is 5.32 Å². The summed E-state index contributed by atoms with van der Waals surface area (Å²) in [6.45, 7) is 3.45. The van der Waals surface area contributed by atoms with Crippen LogP contribution in [-0.4, -0.2) is 47.1 Å². The molecular weight excluding hydrogens is 325 g/mol. The molecule has 2 saturated heterocycles. The predicted octanol–water partition coefficient (Wildman–Crippen LogP) is 2.61. The lowest BCUT2D eigenvalue weighted by Gasteiger charge is -2.23. The number of aryl methyl sites for hydroxylation is 1. The molecule has 0 saturated carbocycles. The summed E-state index contributed by atoms with van der Waals surface area (Å²) in [7, 11) is 0. The lowest BCUT2D eigenvalue weighted by molar-refractivity contribution is 0.0124. The maximum absolute atomic E-state index is 13.7. The Labute approximate surface area is 145 Å². The first kappa shape index (κ1) is 16.1. The van der Waals surface area contributed by atoms with Gasteiger partial charge in [-0.25, -0.2) is 9.37 Å². The van der Waals surface area contributed by atoms with E-state index in [0.29, 0.717) is 31.0 Å². The molecule has 2 fully saturated rings. The van der Waals surface area contributed by atoms with Gasteiger partial charge < -0.3 is 19.4 Å². The predicted molar refractivity (Wildman–Crippen MR) is 88.9 cm³/mol. The molecule has 0 radical (unpaired) electrons. The largest absolute Gasteiger partial charge is 0.469 e. The monoisotopic (exact) mass is 345 g/mol. The van der Waals surface area contributed by atoms with Crippen LogP contribution in [-0.2, 0) is 4.74 Å². The van der Waals surface area contributed by atoms with Gasteiger partial charge in [-0.2, -0.15) is 0 Å². The van der Waals surface area contributed by atoms with Gasteiger partial charge in [-0.3, -0.25) is 4.79 Å². The number of aromatic nitrogens is 1. The van der Waals surface area contributed by atoms with Crippen molar-refractivity contribution in [1.29, 1.82) is 0 Å². The van der Waals surface area contributed by atoms with Crippen molar-refractivity contribution < 1.29 is 18.3 Å². The Morgan fingerprint density at radius 2 is 2.36 bits per heavy atom. The minimum Gasteiger partial charge on any atom is -0.469 e. The van der Waals surface area contributed by atoms with Crippen LogP contribution in [0.15, 0.2) is 35.1 Å². The molecule has 2 aliphatic rings. The standard InChI is InChI=1S/C18H20FN3O3/c1-12-14(4-8-24-12)17(23)22-7-5-18(11-22)9-13(10-25-18)21-16-15(19)3-2-6-20-16/h2-4,6,8,13H,5,7,9-11H2,1H3,(H,20,21)/t13-,18+/m1/s1. The first-order valence-corrected chi connectivity index (χ1v) is 8.41. The van der Waals surface area contributed by atoms with Crippen LogP contribution in [0, 0.1) is 12.7 Å². The van der Waals surface area contributed by atoms with Gasteiger partial charge in [-0.15, -0.1) is 0 Å². The fraction of sp³-hybridized carbons (Fsp3) is 0.444. The van der Waals surface area contributed by atoms with Crippen molar-refractivity contribution in [3.05, 3.63) is 47.8 Å². The van der Waals surface area contributed by atoms with Crippen molar-refractivity contribution in [2.75, 3.05) is 25.0 Å². The minimum absolute atomic E-state index is 0.0184. The molecule has 2 aromatic rings. The highest BCUT2D eigenvalue weighted by atomic mass is 19.1. The van der Waals surface area contributed by atoms with Crippen LogP contribution in [0.5, 0.6) is 0 Å². The van der Waals surface area contributed by atoms with Crippen molar-refractivity contribution in [1.82, 2.24) is 9.88 Å². The summed E-state index contributed by atoms with van der Waals surface area (Å²) in [5, 5.41) is 3.11. The Bertz CT molecular complexity index is 793. The minimum atomic E-state index is -0.373. The molecule has 0 aromatic carbocycles. The quantitative estimate of drug-likeness (QED) is 0.926. The molecule has 2 aliphatic heterocycles. The molecule has 4 heterocycles. The van der Waals surface area contributed by atoms with Gasteiger partial charge in [0.1, 0.15) is 5.76 Å². The van der Waals surface area contributed by atoms with Crippen molar-refractivity contribution in [2.45, 2.75) is 31.4 Å². The maximum Gasteiger partial charge on any atom is 0.257 e. The van der Waals surface area contributed by atoms with Crippen molar-refractivity contribution in [2.24, 2.45) is 0 Å². The highest BCUT2D eigenvalue weighted by Gasteiger charge is 2.47. The van der Waals surface area contributed by atoms with Gasteiger partial charge in [-0.1, -0.05) is 0 Å². The van der Waals surface area contributed by atoms with Crippen molar-refractivity contribution in [3.8, 4) is 0 Å². The molecule has 6 nitrogen and oxygen atoms in total. The number of furan rings is 1. The summed E-state index contributed by atoms with van der Waals surface area (Å²) < 4.78 is 25.0. The Kier molecular flexibility index (Phi) is 3.95. The molecule has 1 N–H and O–H groups in total. The van der Waals surface area contributed by atoms with Gasteiger partial charge in [0, 0.05) is 19.2 Å². The number of hydrogen-bond acceptors (Lipinski definition) is 5. The van der Waals surface area contributed by atoms with E-state index in [9.17, 15) is 9.18 Å². The third-order valence-corrected chi connectivity index (χ3v) is 5.00. The van der Waals surface area contributed by atoms with E-state index in [-0.39, 0.29) is 29.2 Å². The number of halogens is 1. The number of pyridine rings is 1. The molecule has 2 aromatic heterocycles. The molecule has 0 aliphatic carbocycles. The van der Waals surface area contributed by atoms with Crippen LogP contribution in [0.3, 0.4) is 0 Å². The van der Waals surface area contributed by atoms with Gasteiger partial charge in [-0.05, 0) is 31.5 Å². The topological polar surface area (TPSA) is 67.6 Å². The Morgan fingerprint density at radius 3 is 3.12 bits per heavy atom. The van der Waals surface area contributed by atoms with Crippen LogP contribution in [0.2, 0.25) is 0 Å². The van der Waals surface area contributed by atoms with Crippen LogP contribution in [0.4, 0.5) is 10.2 Å². The molecule has 0 bridgehead atoms. The zero-order valence-corrected chi connectivity index (χ0v) is 14.0. The zero-order valence-electron chi connectivity index (χ0n) is 14.0. The number of hydrogen-bond donors (Lipinski definition) is 1. The summed E-state index contributed by atoms with van der Waals surface area (Å²) >= 11 is 0. The zero-order chi connectivity index (χ0) is 17.4. The Morgan fingerprint density at radius 1 is 1.48 bits per heavy atom. The summed E-state index contributed by atoms with van der Waals surface area (Å²) in [4.78, 5) is 18.5. The number of ether oxygens (including phenoxy) is 1. The van der Waals surface area contributed by atoms with Gasteiger partial charge in [0.15, 0.2) is 11.6 Å². The lowest BCUT2D eigenvalue weighted by Crippen LogP contribution is -2.36. The van der Waals surface area contributed by atoms with E-state index < -0.39 is 0 Å². The summed E-state index contributed by atoms with van der Waals surface area (Å²) in [6.07, 6.45) is 4.58. The number of carbonyl (C=O) groups excluding carboxylic acids is 1. The summed E-state index contributed by atoms with van der Waals surface area (Å²) in [5.74, 6) is 0.470. The normalized spacial score (nSPS) is 25.7. The lowest BCUT2D eigenvalue weighted by atomic mass is 9.97. The molecule has 0 unspecified atom stereocenters. The smallest absolute Gasteiger partial charge is 0.257 e. The highest BCUT2D eigenvalue weighted by molar-refractivity contribution is 5.95. The Hall–Kier alpha value is -2.41. The van der Waals surface area contributed by atoms with Crippen molar-refractivity contribution >= 4 is 11.7 Å². The molecular formula is C18H20FN3O3. The SMILES string of the molecule is Cc1occc1C(=O)N1CC[C@]2(C[C@@H](Nc3ncccc3F)CO2)C1. The van der Waals surface area contributed by atoms with E-state index in [2.05, 4.69) is 10.3 Å². The number of carbonyl (C=O) groups is 1. The fourth-order valence-electron chi connectivity index (χ4n) is 3.70. The first-order chi connectivity index (χ1) is 12.1. The average Bonchev–Trinajstić information content (AvgIpc) is 3.31. The van der Waals surface area contributed by atoms with E-state index in [1.807, 2.05) is 4.90 Å². The fourth-order valence-corrected chi connectivity index (χ4v) is 3.70. The number of rotatable bonds is 3. The number of likely N-dealkylation sites (tertiary alicyclic amines) is 1. The van der Waals surface area contributed by atoms with E-state index in [0.717, 1.165) is 12.8 Å². The van der Waals surface area contributed by atoms with E-state index in [1.54, 1.807) is 25.3 Å². The molecule has 2 atom stereocenters. The highest BCUT2D eigenvalue weighted by Crippen LogP contribution is 2.37. The van der Waals surface area contributed by atoms with Crippen LogP contribution in [0.1, 0.15) is 29.0 Å². The van der Waals surface area contributed by atoms with Gasteiger partial charge in [0.05, 0.1) is 36.6 Å². The molecule has 1 amide bonds. The molecule has 25 heavy (non-hydrogen) atoms. The number of anilines is 1.